The van der Waals surface area contributed by atoms with Gasteiger partial charge in [-0.15, -0.1) is 11.8 Å². The Bertz CT molecular complexity index is 1440. The minimum atomic E-state index is -0.989. The van der Waals surface area contributed by atoms with Crippen molar-refractivity contribution in [3.05, 3.63) is 101 Å². The molecular formula is C31H35F2N3O2S. The molecule has 1 unspecified atom stereocenters. The molecule has 3 atom stereocenters. The number of nitrogens with one attached hydrogen (secondary N) is 1. The highest BCUT2D eigenvalue weighted by molar-refractivity contribution is 7.98. The van der Waals surface area contributed by atoms with Crippen LogP contribution in [0.5, 0.6) is 0 Å². The van der Waals surface area contributed by atoms with Crippen LogP contribution in [-0.2, 0) is 31.2 Å². The molecule has 39 heavy (non-hydrogen) atoms. The second-order valence-corrected chi connectivity index (χ2v) is 10.7. The Labute approximate surface area is 232 Å². The fourth-order valence-electron chi connectivity index (χ4n) is 5.46. The molecule has 0 bridgehead atoms. The van der Waals surface area contributed by atoms with Crippen LogP contribution in [0.1, 0.15) is 35.2 Å². The maximum Gasteiger partial charge on any atom is 0.312 e. The number of carbonyl (C=O) groups is 1. The smallest absolute Gasteiger partial charge is 0.312 e. The third-order valence-electron chi connectivity index (χ3n) is 7.35. The third-order valence-corrected chi connectivity index (χ3v) is 8.19. The van der Waals surface area contributed by atoms with Gasteiger partial charge < -0.3 is 20.7 Å². The van der Waals surface area contributed by atoms with Crippen LogP contribution in [0.2, 0.25) is 0 Å². The average Bonchev–Trinajstić information content (AvgIpc) is 3.18. The van der Waals surface area contributed by atoms with E-state index in [1.807, 2.05) is 54.3 Å². The maximum atomic E-state index is 14.0. The molecule has 0 aliphatic heterocycles. The Kier molecular flexibility index (Phi) is 9.43. The fraction of sp³-hybridized carbons (Fsp3) is 0.323. The molecule has 0 fully saturated rings. The van der Waals surface area contributed by atoms with Crippen molar-refractivity contribution in [2.45, 2.75) is 43.2 Å². The van der Waals surface area contributed by atoms with Crippen molar-refractivity contribution in [2.75, 3.05) is 12.8 Å². The molecule has 8 heteroatoms. The molecule has 0 spiro atoms. The first-order valence-corrected chi connectivity index (χ1v) is 14.3. The van der Waals surface area contributed by atoms with Gasteiger partial charge >= 0.3 is 5.97 Å². The monoisotopic (exact) mass is 551 g/mol. The normalized spacial score (nSPS) is 13.9. The zero-order valence-corrected chi connectivity index (χ0v) is 23.3. The van der Waals surface area contributed by atoms with Gasteiger partial charge in [-0.25, -0.2) is 8.78 Å². The molecule has 0 aliphatic carbocycles. The van der Waals surface area contributed by atoms with Gasteiger partial charge in [0.05, 0.1) is 0 Å². The second-order valence-electron chi connectivity index (χ2n) is 9.92. The van der Waals surface area contributed by atoms with Gasteiger partial charge in [0.1, 0.15) is 17.6 Å². The topological polar surface area (TPSA) is 80.3 Å². The second kappa shape index (κ2) is 12.8. The van der Waals surface area contributed by atoms with Gasteiger partial charge in [0.15, 0.2) is 0 Å². The van der Waals surface area contributed by atoms with Gasteiger partial charge in [0.2, 0.25) is 0 Å². The summed E-state index contributed by atoms with van der Waals surface area (Å²) in [6.07, 6.45) is 2.99. The van der Waals surface area contributed by atoms with E-state index in [2.05, 4.69) is 24.4 Å². The first kappa shape index (κ1) is 28.8. The van der Waals surface area contributed by atoms with Gasteiger partial charge in [-0.1, -0.05) is 49.4 Å². The summed E-state index contributed by atoms with van der Waals surface area (Å²) in [6.45, 7) is 2.95. The Hall–Kier alpha value is -3.20. The van der Waals surface area contributed by atoms with Crippen LogP contribution in [0.25, 0.3) is 10.9 Å². The number of hydrogen-bond acceptors (Lipinski definition) is 4. The summed E-state index contributed by atoms with van der Waals surface area (Å²) in [5.41, 5.74) is 11.0. The molecule has 3 aromatic carbocycles. The summed E-state index contributed by atoms with van der Waals surface area (Å²) in [5.74, 6) is -3.88. The highest BCUT2D eigenvalue weighted by Crippen LogP contribution is 2.40. The minimum Gasteiger partial charge on any atom is -0.481 e. The molecule has 1 aromatic heterocycles. The molecule has 0 aliphatic rings. The highest BCUT2D eigenvalue weighted by atomic mass is 32.2. The fourth-order valence-corrected chi connectivity index (χ4v) is 6.32. The lowest BCUT2D eigenvalue weighted by Gasteiger charge is -2.31. The van der Waals surface area contributed by atoms with E-state index in [-0.39, 0.29) is 6.42 Å². The number of carboxylic acids is 1. The van der Waals surface area contributed by atoms with Gasteiger partial charge in [-0.05, 0) is 54.0 Å². The van der Waals surface area contributed by atoms with Crippen molar-refractivity contribution < 1.29 is 18.7 Å². The number of para-hydroxylation sites is 1. The van der Waals surface area contributed by atoms with E-state index >= 15 is 0 Å². The number of halogens is 2. The van der Waals surface area contributed by atoms with Crippen LogP contribution >= 0.6 is 11.8 Å². The zero-order chi connectivity index (χ0) is 28.1. The number of hydrogen-bond donors (Lipinski definition) is 3. The summed E-state index contributed by atoms with van der Waals surface area (Å²) in [4.78, 5) is 13.9. The van der Waals surface area contributed by atoms with Crippen LogP contribution in [0.4, 0.5) is 8.78 Å². The van der Waals surface area contributed by atoms with Crippen molar-refractivity contribution in [1.29, 1.82) is 0 Å². The molecule has 0 saturated carbocycles. The SMILES string of the molecule is CCc1cccc(CNC[C@@H](C(C(=O)O)c2c(SC)c3ccccc3n2C)[C@@H](N)Cc2cc(F)cc(F)c2)c1. The number of nitrogens with zero attached hydrogens (tertiary/aromatic N) is 1. The Morgan fingerprint density at radius 2 is 1.72 bits per heavy atom. The molecule has 5 nitrogen and oxygen atoms in total. The largest absolute Gasteiger partial charge is 0.481 e. The Morgan fingerprint density at radius 3 is 2.38 bits per heavy atom. The number of thioether (sulfide) groups is 1. The summed E-state index contributed by atoms with van der Waals surface area (Å²) in [7, 11) is 1.88. The predicted molar refractivity (Wildman–Crippen MR) is 154 cm³/mol. The Morgan fingerprint density at radius 1 is 1.03 bits per heavy atom. The first-order chi connectivity index (χ1) is 18.7. The lowest BCUT2D eigenvalue weighted by atomic mass is 9.81. The average molecular weight is 552 g/mol. The number of carboxylic acid groups (broad SMARTS) is 1. The molecule has 1 heterocycles. The molecule has 0 amide bonds. The molecule has 4 rings (SSSR count). The lowest BCUT2D eigenvalue weighted by molar-refractivity contribution is -0.140. The maximum absolute atomic E-state index is 14.0. The summed E-state index contributed by atoms with van der Waals surface area (Å²) >= 11 is 1.51. The Balaban J connectivity index is 1.72. The number of aromatic nitrogens is 1. The standard InChI is InChI=1S/C31H35F2N3O2S/c1-4-19-8-7-9-20(12-19)17-35-18-25(26(34)15-21-13-22(32)16-23(33)14-21)28(31(37)38)29-30(39-3)24-10-5-6-11-27(24)36(29)2/h5-14,16,25-26,28,35H,4,15,17-18,34H2,1-3H3,(H,37,38)/t25-,26+,28?/m1/s1. The van der Waals surface area contributed by atoms with Crippen molar-refractivity contribution in [2.24, 2.45) is 18.7 Å². The van der Waals surface area contributed by atoms with Crippen LogP contribution in [0.15, 0.2) is 71.6 Å². The molecule has 0 saturated heterocycles. The quantitative estimate of drug-likeness (QED) is 0.192. The third kappa shape index (κ3) is 6.52. The number of rotatable bonds is 12. The van der Waals surface area contributed by atoms with Crippen LogP contribution < -0.4 is 11.1 Å². The van der Waals surface area contributed by atoms with Crippen LogP contribution in [-0.4, -0.2) is 34.5 Å². The van der Waals surface area contributed by atoms with E-state index in [9.17, 15) is 18.7 Å². The summed E-state index contributed by atoms with van der Waals surface area (Å²) in [5, 5.41) is 15.0. The molecule has 4 aromatic rings. The predicted octanol–water partition coefficient (Wildman–Crippen LogP) is 5.89. The number of benzene rings is 3. The van der Waals surface area contributed by atoms with E-state index in [1.165, 1.54) is 29.5 Å². The van der Waals surface area contributed by atoms with Crippen molar-refractivity contribution in [3.8, 4) is 0 Å². The van der Waals surface area contributed by atoms with Crippen molar-refractivity contribution in [1.82, 2.24) is 9.88 Å². The van der Waals surface area contributed by atoms with E-state index in [1.54, 1.807) is 0 Å². The van der Waals surface area contributed by atoms with Crippen LogP contribution in [0.3, 0.4) is 0 Å². The number of aryl methyl sites for hydroxylation is 2. The first-order valence-electron chi connectivity index (χ1n) is 13.1. The van der Waals surface area contributed by atoms with E-state index < -0.39 is 35.5 Å². The van der Waals surface area contributed by atoms with Gasteiger partial charge in [0.25, 0.3) is 0 Å². The molecular weight excluding hydrogens is 516 g/mol. The van der Waals surface area contributed by atoms with Gasteiger partial charge in [0, 0.05) is 59.7 Å². The molecule has 206 valence electrons. The number of nitrogens with two attached hydrogens (primary N) is 1. The van der Waals surface area contributed by atoms with Gasteiger partial charge in [-0.2, -0.15) is 0 Å². The van der Waals surface area contributed by atoms with E-state index in [4.69, 9.17) is 5.73 Å². The van der Waals surface area contributed by atoms with Crippen molar-refractivity contribution >= 4 is 28.6 Å². The number of aliphatic carboxylic acids is 1. The lowest BCUT2D eigenvalue weighted by Crippen LogP contribution is -2.44. The summed E-state index contributed by atoms with van der Waals surface area (Å²) < 4.78 is 29.9. The van der Waals surface area contributed by atoms with Crippen molar-refractivity contribution in [3.63, 3.8) is 0 Å². The van der Waals surface area contributed by atoms with E-state index in [0.717, 1.165) is 33.8 Å². The highest BCUT2D eigenvalue weighted by Gasteiger charge is 2.38. The zero-order valence-electron chi connectivity index (χ0n) is 22.5. The van der Waals surface area contributed by atoms with E-state index in [0.29, 0.717) is 24.3 Å². The minimum absolute atomic E-state index is 0.134. The van der Waals surface area contributed by atoms with Gasteiger partial charge in [-0.3, -0.25) is 4.79 Å². The molecule has 4 N–H and O–H groups in total. The summed E-state index contributed by atoms with van der Waals surface area (Å²) in [6, 6.07) is 18.7. The molecule has 0 radical (unpaired) electrons. The van der Waals surface area contributed by atoms with Crippen LogP contribution in [0, 0.1) is 17.6 Å². The number of fused-ring (bicyclic) bond motifs is 1.